The number of carbonyl (C=O) groups excluding carboxylic acids is 1. The molecule has 2 rings (SSSR count). The molecule has 128 valence electrons. The van der Waals surface area contributed by atoms with Gasteiger partial charge >= 0.3 is 0 Å². The standard InChI is InChI=1S/C20H26N2O2/c1-5-19(23)22-14-20(2,3)18-8-6-16(7-9-18)17-10-15(13-24-4)11-21-12-17/h6-12H,5,13-14H2,1-4H3,(H,22,23). The van der Waals surface area contributed by atoms with Crippen molar-refractivity contribution in [2.24, 2.45) is 0 Å². The minimum atomic E-state index is -0.112. The first-order chi connectivity index (χ1) is 11.5. The van der Waals surface area contributed by atoms with Gasteiger partial charge in [-0.2, -0.15) is 0 Å². The normalized spacial score (nSPS) is 11.3. The van der Waals surface area contributed by atoms with Crippen molar-refractivity contribution < 1.29 is 9.53 Å². The van der Waals surface area contributed by atoms with Crippen LogP contribution in [0.25, 0.3) is 11.1 Å². The number of pyridine rings is 1. The Morgan fingerprint density at radius 1 is 1.17 bits per heavy atom. The van der Waals surface area contributed by atoms with E-state index in [0.29, 0.717) is 19.6 Å². The Kier molecular flexibility index (Phi) is 6.10. The van der Waals surface area contributed by atoms with Gasteiger partial charge in [-0.25, -0.2) is 0 Å². The van der Waals surface area contributed by atoms with Crippen molar-refractivity contribution >= 4 is 5.91 Å². The van der Waals surface area contributed by atoms with E-state index < -0.39 is 0 Å². The number of benzene rings is 1. The molecule has 1 aromatic carbocycles. The van der Waals surface area contributed by atoms with E-state index in [9.17, 15) is 4.79 Å². The summed E-state index contributed by atoms with van der Waals surface area (Å²) in [6.07, 6.45) is 4.20. The minimum Gasteiger partial charge on any atom is -0.380 e. The summed E-state index contributed by atoms with van der Waals surface area (Å²) in [6, 6.07) is 10.5. The molecule has 1 N–H and O–H groups in total. The molecular formula is C20H26N2O2. The second kappa shape index (κ2) is 8.06. The highest BCUT2D eigenvalue weighted by atomic mass is 16.5. The van der Waals surface area contributed by atoms with Crippen LogP contribution in [-0.4, -0.2) is 24.5 Å². The Bertz CT molecular complexity index is 678. The molecule has 0 saturated carbocycles. The predicted octanol–water partition coefficient (Wildman–Crippen LogP) is 3.70. The highest BCUT2D eigenvalue weighted by molar-refractivity contribution is 5.75. The van der Waals surface area contributed by atoms with E-state index in [1.807, 2.05) is 19.3 Å². The summed E-state index contributed by atoms with van der Waals surface area (Å²) in [5.41, 5.74) is 4.34. The molecule has 0 spiro atoms. The Morgan fingerprint density at radius 2 is 1.88 bits per heavy atom. The monoisotopic (exact) mass is 326 g/mol. The number of amides is 1. The van der Waals surface area contributed by atoms with E-state index in [4.69, 9.17) is 4.74 Å². The van der Waals surface area contributed by atoms with Crippen molar-refractivity contribution in [1.82, 2.24) is 10.3 Å². The third kappa shape index (κ3) is 4.65. The molecule has 1 heterocycles. The van der Waals surface area contributed by atoms with Gasteiger partial charge in [0.2, 0.25) is 5.91 Å². The zero-order valence-electron chi connectivity index (χ0n) is 14.9. The number of hydrogen-bond donors (Lipinski definition) is 1. The largest absolute Gasteiger partial charge is 0.380 e. The predicted molar refractivity (Wildman–Crippen MR) is 96.7 cm³/mol. The van der Waals surface area contributed by atoms with Gasteiger partial charge in [-0.3, -0.25) is 9.78 Å². The summed E-state index contributed by atoms with van der Waals surface area (Å²) in [4.78, 5) is 15.8. The molecule has 0 aliphatic rings. The molecule has 2 aromatic rings. The average Bonchev–Trinajstić information content (AvgIpc) is 2.60. The summed E-state index contributed by atoms with van der Waals surface area (Å²) in [7, 11) is 1.68. The highest BCUT2D eigenvalue weighted by Gasteiger charge is 2.21. The van der Waals surface area contributed by atoms with Crippen LogP contribution in [-0.2, 0) is 21.6 Å². The topological polar surface area (TPSA) is 51.2 Å². The van der Waals surface area contributed by atoms with Crippen LogP contribution >= 0.6 is 0 Å². The van der Waals surface area contributed by atoms with Crippen LogP contribution in [0, 0.1) is 0 Å². The number of aromatic nitrogens is 1. The van der Waals surface area contributed by atoms with E-state index in [-0.39, 0.29) is 11.3 Å². The van der Waals surface area contributed by atoms with E-state index in [0.717, 1.165) is 16.7 Å². The second-order valence-corrected chi connectivity index (χ2v) is 6.61. The number of methoxy groups -OCH3 is 1. The van der Waals surface area contributed by atoms with Gasteiger partial charge in [-0.1, -0.05) is 45.0 Å². The zero-order valence-corrected chi connectivity index (χ0v) is 14.9. The Hall–Kier alpha value is -2.20. The molecule has 0 bridgehead atoms. The number of ether oxygens (including phenoxy) is 1. The fourth-order valence-electron chi connectivity index (χ4n) is 2.55. The van der Waals surface area contributed by atoms with Gasteiger partial charge in [0.1, 0.15) is 0 Å². The maximum atomic E-state index is 11.5. The van der Waals surface area contributed by atoms with Crippen LogP contribution in [0.1, 0.15) is 38.3 Å². The lowest BCUT2D eigenvalue weighted by molar-refractivity contribution is -0.121. The van der Waals surface area contributed by atoms with Crippen LogP contribution in [0.5, 0.6) is 0 Å². The second-order valence-electron chi connectivity index (χ2n) is 6.61. The molecule has 0 radical (unpaired) electrons. The van der Waals surface area contributed by atoms with Gasteiger partial charge in [0.25, 0.3) is 0 Å². The van der Waals surface area contributed by atoms with Crippen LogP contribution in [0.15, 0.2) is 42.7 Å². The van der Waals surface area contributed by atoms with Crippen LogP contribution in [0.3, 0.4) is 0 Å². The number of rotatable bonds is 7. The molecule has 0 saturated heterocycles. The molecular weight excluding hydrogens is 300 g/mol. The van der Waals surface area contributed by atoms with Crippen molar-refractivity contribution in [2.45, 2.75) is 39.2 Å². The van der Waals surface area contributed by atoms with Gasteiger partial charge in [0.15, 0.2) is 0 Å². The van der Waals surface area contributed by atoms with Crippen molar-refractivity contribution in [1.29, 1.82) is 0 Å². The Labute approximate surface area is 144 Å². The van der Waals surface area contributed by atoms with Gasteiger partial charge in [0.05, 0.1) is 6.61 Å². The highest BCUT2D eigenvalue weighted by Crippen LogP contribution is 2.26. The fraction of sp³-hybridized carbons (Fsp3) is 0.400. The smallest absolute Gasteiger partial charge is 0.219 e. The molecule has 0 atom stereocenters. The van der Waals surface area contributed by atoms with E-state index >= 15 is 0 Å². The Balaban J connectivity index is 2.15. The summed E-state index contributed by atoms with van der Waals surface area (Å²) in [5, 5.41) is 2.98. The lowest BCUT2D eigenvalue weighted by atomic mass is 9.84. The van der Waals surface area contributed by atoms with Crippen molar-refractivity contribution in [3.8, 4) is 11.1 Å². The van der Waals surface area contributed by atoms with Crippen molar-refractivity contribution in [3.05, 3.63) is 53.9 Å². The molecule has 0 aliphatic heterocycles. The zero-order chi connectivity index (χ0) is 17.6. The number of nitrogens with one attached hydrogen (secondary N) is 1. The summed E-state index contributed by atoms with van der Waals surface area (Å²) in [5.74, 6) is 0.0840. The van der Waals surface area contributed by atoms with Crippen LogP contribution in [0.4, 0.5) is 0 Å². The molecule has 24 heavy (non-hydrogen) atoms. The molecule has 1 amide bonds. The lowest BCUT2D eigenvalue weighted by Gasteiger charge is -2.26. The molecule has 1 aromatic heterocycles. The third-order valence-corrected chi connectivity index (χ3v) is 4.15. The quantitative estimate of drug-likeness (QED) is 0.844. The molecule has 4 heteroatoms. The van der Waals surface area contributed by atoms with Gasteiger partial charge in [0, 0.05) is 43.4 Å². The van der Waals surface area contributed by atoms with Crippen LogP contribution in [0.2, 0.25) is 0 Å². The fourth-order valence-corrected chi connectivity index (χ4v) is 2.55. The van der Waals surface area contributed by atoms with Crippen molar-refractivity contribution in [3.63, 3.8) is 0 Å². The molecule has 4 nitrogen and oxygen atoms in total. The number of hydrogen-bond acceptors (Lipinski definition) is 3. The molecule has 0 aliphatic carbocycles. The van der Waals surface area contributed by atoms with Gasteiger partial charge < -0.3 is 10.1 Å². The van der Waals surface area contributed by atoms with E-state index in [2.05, 4.69) is 54.5 Å². The lowest BCUT2D eigenvalue weighted by Crippen LogP contribution is -2.36. The van der Waals surface area contributed by atoms with Crippen molar-refractivity contribution in [2.75, 3.05) is 13.7 Å². The van der Waals surface area contributed by atoms with Gasteiger partial charge in [-0.15, -0.1) is 0 Å². The molecule has 0 unspecified atom stereocenters. The van der Waals surface area contributed by atoms with Gasteiger partial charge in [-0.05, 0) is 22.8 Å². The maximum Gasteiger partial charge on any atom is 0.219 e. The van der Waals surface area contributed by atoms with Crippen LogP contribution < -0.4 is 5.32 Å². The minimum absolute atomic E-state index is 0.0840. The summed E-state index contributed by atoms with van der Waals surface area (Å²) >= 11 is 0. The first-order valence-electron chi connectivity index (χ1n) is 8.26. The first-order valence-corrected chi connectivity index (χ1v) is 8.26. The third-order valence-electron chi connectivity index (χ3n) is 4.15. The average molecular weight is 326 g/mol. The number of nitrogens with zero attached hydrogens (tertiary/aromatic N) is 1. The first kappa shape index (κ1) is 18.1. The number of carbonyl (C=O) groups is 1. The van der Waals surface area contributed by atoms with E-state index in [1.165, 1.54) is 5.56 Å². The molecule has 0 fully saturated rings. The summed E-state index contributed by atoms with van der Waals surface area (Å²) in [6.45, 7) is 7.33. The summed E-state index contributed by atoms with van der Waals surface area (Å²) < 4.78 is 5.16. The SMILES string of the molecule is CCC(=O)NCC(C)(C)c1ccc(-c2cncc(COC)c2)cc1. The van der Waals surface area contributed by atoms with E-state index in [1.54, 1.807) is 7.11 Å². The maximum absolute atomic E-state index is 11.5. The Morgan fingerprint density at radius 3 is 2.50 bits per heavy atom.